The van der Waals surface area contributed by atoms with Gasteiger partial charge in [-0.3, -0.25) is 5.10 Å². The molecule has 4 heteroatoms. The number of aromatic amines is 1. The Balaban J connectivity index is 2.06. The predicted octanol–water partition coefficient (Wildman–Crippen LogP) is 0.546. The van der Waals surface area contributed by atoms with Gasteiger partial charge in [0.25, 0.3) is 0 Å². The second kappa shape index (κ2) is 4.98. The van der Waals surface area contributed by atoms with E-state index in [4.69, 9.17) is 4.74 Å². The van der Waals surface area contributed by atoms with E-state index in [1.165, 1.54) is 5.22 Å². The van der Waals surface area contributed by atoms with Gasteiger partial charge < -0.3 is 9.64 Å². The zero-order valence-electron chi connectivity index (χ0n) is 10.7. The standard InChI is InChI=1S/C14H19N3O/c1-11-10-18-9-8-17(11)14-12-6-4-2-3-5-7-13(12)15-16-14/h2,4,6-7,11,15H,3,5,8-10H2,1H3. The van der Waals surface area contributed by atoms with Crippen molar-refractivity contribution in [1.29, 1.82) is 0 Å². The highest BCUT2D eigenvalue weighted by Gasteiger charge is 2.21. The van der Waals surface area contributed by atoms with Crippen LogP contribution in [0.1, 0.15) is 19.8 Å². The van der Waals surface area contributed by atoms with Crippen molar-refractivity contribution in [2.45, 2.75) is 25.8 Å². The van der Waals surface area contributed by atoms with Crippen molar-refractivity contribution in [2.24, 2.45) is 0 Å². The predicted molar refractivity (Wildman–Crippen MR) is 72.8 cm³/mol. The molecule has 0 amide bonds. The highest BCUT2D eigenvalue weighted by molar-refractivity contribution is 5.52. The lowest BCUT2D eigenvalue weighted by Crippen LogP contribution is -2.46. The third-order valence-electron chi connectivity index (χ3n) is 3.53. The molecule has 96 valence electrons. The number of fused-ring (bicyclic) bond motifs is 1. The fourth-order valence-corrected chi connectivity index (χ4v) is 2.52. The molecule has 0 aromatic carbocycles. The van der Waals surface area contributed by atoms with Crippen molar-refractivity contribution in [1.82, 2.24) is 10.2 Å². The summed E-state index contributed by atoms with van der Waals surface area (Å²) >= 11 is 0. The maximum Gasteiger partial charge on any atom is 0.158 e. The van der Waals surface area contributed by atoms with Crippen LogP contribution in [0, 0.1) is 0 Å². The van der Waals surface area contributed by atoms with E-state index in [1.54, 1.807) is 0 Å². The summed E-state index contributed by atoms with van der Waals surface area (Å²) in [5.41, 5.74) is 0. The van der Waals surface area contributed by atoms with Gasteiger partial charge in [-0.05, 0) is 25.8 Å². The number of anilines is 1. The monoisotopic (exact) mass is 245 g/mol. The van der Waals surface area contributed by atoms with E-state index >= 15 is 0 Å². The van der Waals surface area contributed by atoms with E-state index in [2.05, 4.69) is 46.3 Å². The quantitative estimate of drug-likeness (QED) is 0.785. The van der Waals surface area contributed by atoms with Gasteiger partial charge in [-0.1, -0.05) is 18.2 Å². The first kappa shape index (κ1) is 11.5. The average Bonchev–Trinajstić information content (AvgIpc) is 2.71. The van der Waals surface area contributed by atoms with Crippen LogP contribution in [0.3, 0.4) is 0 Å². The molecule has 1 aromatic rings. The topological polar surface area (TPSA) is 41.1 Å². The molecule has 2 heterocycles. The zero-order chi connectivity index (χ0) is 12.4. The molecular weight excluding hydrogens is 226 g/mol. The average molecular weight is 245 g/mol. The summed E-state index contributed by atoms with van der Waals surface area (Å²) in [5.74, 6) is 1.06. The molecule has 1 atom stereocenters. The van der Waals surface area contributed by atoms with Gasteiger partial charge in [0.1, 0.15) is 0 Å². The summed E-state index contributed by atoms with van der Waals surface area (Å²) in [4.78, 5) is 2.33. The second-order valence-corrected chi connectivity index (χ2v) is 4.87. The first-order chi connectivity index (χ1) is 8.86. The zero-order valence-corrected chi connectivity index (χ0v) is 10.7. The molecule has 2 aliphatic rings. The van der Waals surface area contributed by atoms with Crippen LogP contribution in [-0.2, 0) is 4.74 Å². The number of aromatic nitrogens is 2. The largest absolute Gasteiger partial charge is 0.377 e. The summed E-state index contributed by atoms with van der Waals surface area (Å²) in [6.45, 7) is 4.66. The Labute approximate surface area is 107 Å². The Morgan fingerprint density at radius 2 is 2.39 bits per heavy atom. The number of rotatable bonds is 1. The minimum Gasteiger partial charge on any atom is -0.377 e. The molecule has 3 rings (SSSR count). The Hall–Kier alpha value is -1.55. The van der Waals surface area contributed by atoms with Crippen molar-refractivity contribution in [3.8, 4) is 0 Å². The van der Waals surface area contributed by atoms with E-state index in [0.717, 1.165) is 43.8 Å². The maximum absolute atomic E-state index is 5.49. The van der Waals surface area contributed by atoms with Gasteiger partial charge >= 0.3 is 0 Å². The number of hydrogen-bond donors (Lipinski definition) is 1. The molecule has 1 unspecified atom stereocenters. The Bertz CT molecular complexity index is 558. The fraction of sp³-hybridized carbons (Fsp3) is 0.500. The smallest absolute Gasteiger partial charge is 0.158 e. The SMILES string of the molecule is CC1COCCN1c1n[nH]c2c1=CC=CCCC=2. The van der Waals surface area contributed by atoms with Gasteiger partial charge in [-0.15, -0.1) is 0 Å². The molecule has 0 bridgehead atoms. The van der Waals surface area contributed by atoms with Gasteiger partial charge in [0, 0.05) is 11.8 Å². The van der Waals surface area contributed by atoms with Crippen LogP contribution in [-0.4, -0.2) is 36.0 Å². The van der Waals surface area contributed by atoms with E-state index in [-0.39, 0.29) is 0 Å². The van der Waals surface area contributed by atoms with Crippen LogP contribution in [0.4, 0.5) is 5.82 Å². The van der Waals surface area contributed by atoms with Gasteiger partial charge in [-0.2, -0.15) is 5.10 Å². The number of hydrogen-bond acceptors (Lipinski definition) is 3. The molecule has 1 N–H and O–H groups in total. The molecule has 1 aliphatic carbocycles. The van der Waals surface area contributed by atoms with Crippen LogP contribution in [0.25, 0.3) is 12.2 Å². The summed E-state index contributed by atoms with van der Waals surface area (Å²) < 4.78 is 5.49. The Morgan fingerprint density at radius 3 is 3.28 bits per heavy atom. The van der Waals surface area contributed by atoms with E-state index < -0.39 is 0 Å². The second-order valence-electron chi connectivity index (χ2n) is 4.87. The molecule has 0 radical (unpaired) electrons. The molecule has 0 spiro atoms. The molecule has 1 saturated heterocycles. The lowest BCUT2D eigenvalue weighted by molar-refractivity contribution is 0.0984. The van der Waals surface area contributed by atoms with Crippen molar-refractivity contribution in [3.63, 3.8) is 0 Å². The van der Waals surface area contributed by atoms with Gasteiger partial charge in [-0.25, -0.2) is 0 Å². The first-order valence-electron chi connectivity index (χ1n) is 6.62. The summed E-state index contributed by atoms with van der Waals surface area (Å²) in [6.07, 6.45) is 10.9. The van der Waals surface area contributed by atoms with E-state index in [0.29, 0.717) is 6.04 Å². The fourth-order valence-electron chi connectivity index (χ4n) is 2.52. The lowest BCUT2D eigenvalue weighted by Gasteiger charge is -2.33. The number of nitrogens with one attached hydrogen (secondary N) is 1. The van der Waals surface area contributed by atoms with Crippen LogP contribution < -0.4 is 15.5 Å². The minimum atomic E-state index is 0.383. The highest BCUT2D eigenvalue weighted by Crippen LogP contribution is 2.12. The van der Waals surface area contributed by atoms with Gasteiger partial charge in [0.2, 0.25) is 0 Å². The van der Waals surface area contributed by atoms with Crippen molar-refractivity contribution in [3.05, 3.63) is 22.7 Å². The number of ether oxygens (including phenoxy) is 1. The minimum absolute atomic E-state index is 0.383. The molecule has 1 aromatic heterocycles. The number of nitrogens with zero attached hydrogens (tertiary/aromatic N) is 2. The molecule has 4 nitrogen and oxygen atoms in total. The van der Waals surface area contributed by atoms with Crippen LogP contribution >= 0.6 is 0 Å². The first-order valence-corrected chi connectivity index (χ1v) is 6.62. The molecule has 0 saturated carbocycles. The molecule has 1 fully saturated rings. The van der Waals surface area contributed by atoms with Gasteiger partial charge in [0.15, 0.2) is 5.82 Å². The van der Waals surface area contributed by atoms with Crippen LogP contribution in [0.15, 0.2) is 12.2 Å². The molecular formula is C14H19N3O. The Morgan fingerprint density at radius 1 is 1.44 bits per heavy atom. The van der Waals surface area contributed by atoms with Crippen LogP contribution in [0.5, 0.6) is 0 Å². The van der Waals surface area contributed by atoms with Gasteiger partial charge in [0.05, 0.1) is 24.6 Å². The van der Waals surface area contributed by atoms with Crippen molar-refractivity contribution in [2.75, 3.05) is 24.7 Å². The van der Waals surface area contributed by atoms with E-state index in [9.17, 15) is 0 Å². The van der Waals surface area contributed by atoms with Crippen molar-refractivity contribution < 1.29 is 4.74 Å². The maximum atomic E-state index is 5.49. The third-order valence-corrected chi connectivity index (χ3v) is 3.53. The Kier molecular flexibility index (Phi) is 3.19. The number of H-pyrrole nitrogens is 1. The summed E-state index contributed by atoms with van der Waals surface area (Å²) in [6, 6.07) is 0.383. The molecule has 18 heavy (non-hydrogen) atoms. The lowest BCUT2D eigenvalue weighted by atomic mass is 10.2. The normalized spacial score (nSPS) is 23.6. The summed E-state index contributed by atoms with van der Waals surface area (Å²) in [5, 5.41) is 10.0. The van der Waals surface area contributed by atoms with E-state index in [1.807, 2.05) is 0 Å². The van der Waals surface area contributed by atoms with Crippen molar-refractivity contribution >= 4 is 18.0 Å². The third kappa shape index (κ3) is 2.08. The molecule has 1 aliphatic heterocycles. The number of morpholine rings is 1. The summed E-state index contributed by atoms with van der Waals surface area (Å²) in [7, 11) is 0. The van der Waals surface area contributed by atoms with Crippen LogP contribution in [0.2, 0.25) is 0 Å². The highest BCUT2D eigenvalue weighted by atomic mass is 16.5. The number of allylic oxidation sites excluding steroid dienone is 2.